The number of ether oxygens (including phenoxy) is 3. The predicted molar refractivity (Wildman–Crippen MR) is 119 cm³/mol. The summed E-state index contributed by atoms with van der Waals surface area (Å²) in [6.45, 7) is 12.3. The second-order valence-electron chi connectivity index (χ2n) is 10.7. The molecule has 4 aliphatic rings. The van der Waals surface area contributed by atoms with E-state index in [1.807, 2.05) is 6.08 Å². The lowest BCUT2D eigenvalue weighted by atomic mass is 9.46. The highest BCUT2D eigenvalue weighted by Gasteiger charge is 2.60. The monoisotopic (exact) mass is 432 g/mol. The van der Waals surface area contributed by atoms with Crippen LogP contribution in [0.5, 0.6) is 0 Å². The smallest absolute Gasteiger partial charge is 0.336 e. The van der Waals surface area contributed by atoms with Crippen molar-refractivity contribution in [2.75, 3.05) is 13.2 Å². The number of allylic oxidation sites excluding steroid dienone is 2. The van der Waals surface area contributed by atoms with Crippen LogP contribution in [0.25, 0.3) is 0 Å². The van der Waals surface area contributed by atoms with Crippen LogP contribution >= 0.6 is 0 Å². The highest BCUT2D eigenvalue weighted by Crippen LogP contribution is 2.63. The number of hydrogen-bond acceptors (Lipinski definition) is 5. The van der Waals surface area contributed by atoms with E-state index in [9.17, 15) is 9.90 Å². The van der Waals surface area contributed by atoms with E-state index in [0.717, 1.165) is 51.6 Å². The number of unbranched alkanes of at least 4 members (excludes halogenated alkanes) is 2. The van der Waals surface area contributed by atoms with Crippen LogP contribution in [0.4, 0.5) is 0 Å². The average molecular weight is 433 g/mol. The van der Waals surface area contributed by atoms with Crippen molar-refractivity contribution in [1.82, 2.24) is 0 Å². The molecule has 31 heavy (non-hydrogen) atoms. The highest BCUT2D eigenvalue weighted by atomic mass is 16.7. The molecule has 0 bridgehead atoms. The number of aliphatic hydroxyl groups is 1. The summed E-state index contributed by atoms with van der Waals surface area (Å²) >= 11 is 0. The summed E-state index contributed by atoms with van der Waals surface area (Å²) in [6, 6.07) is 0. The third kappa shape index (κ3) is 4.14. The molecule has 1 N–H and O–H groups in total. The zero-order valence-electron chi connectivity index (χ0n) is 19.5. The van der Waals surface area contributed by atoms with E-state index in [4.69, 9.17) is 14.2 Å². The van der Waals surface area contributed by atoms with Crippen molar-refractivity contribution in [2.45, 2.75) is 97.1 Å². The van der Waals surface area contributed by atoms with Gasteiger partial charge in [0.15, 0.2) is 6.29 Å². The van der Waals surface area contributed by atoms with Gasteiger partial charge >= 0.3 is 5.97 Å². The average Bonchev–Trinajstić information content (AvgIpc) is 3.05. The van der Waals surface area contributed by atoms with Crippen LogP contribution in [0, 0.1) is 22.7 Å². The zero-order chi connectivity index (χ0) is 22.2. The van der Waals surface area contributed by atoms with E-state index in [0.29, 0.717) is 17.4 Å². The predicted octanol–water partition coefficient (Wildman–Crippen LogP) is 4.93. The summed E-state index contributed by atoms with van der Waals surface area (Å²) < 4.78 is 17.8. The van der Waals surface area contributed by atoms with Crippen molar-refractivity contribution >= 4 is 5.97 Å². The number of fused-ring (bicyclic) bond motifs is 3. The van der Waals surface area contributed by atoms with Gasteiger partial charge in [-0.25, -0.2) is 4.79 Å². The third-order valence-electron chi connectivity index (χ3n) is 8.80. The Morgan fingerprint density at radius 3 is 2.74 bits per heavy atom. The Labute approximate surface area is 187 Å². The molecule has 2 saturated heterocycles. The Balaban J connectivity index is 1.50. The molecule has 2 aliphatic carbocycles. The number of aliphatic hydroxyl groups excluding tert-OH is 1. The number of cyclic esters (lactones) is 1. The van der Waals surface area contributed by atoms with Crippen molar-refractivity contribution in [2.24, 2.45) is 22.7 Å². The van der Waals surface area contributed by atoms with E-state index in [1.54, 1.807) is 0 Å². The van der Waals surface area contributed by atoms with E-state index < -0.39 is 6.10 Å². The molecule has 7 atom stereocenters. The largest absolute Gasteiger partial charge is 0.459 e. The summed E-state index contributed by atoms with van der Waals surface area (Å²) in [5.74, 6) is 0.401. The highest BCUT2D eigenvalue weighted by molar-refractivity contribution is 5.91. The SMILES string of the molecule is C=C1CC[C@@H]2[C@]3(C)COC(CCCCC)O[C@@H]3CC[C@@]2(C)[C@@H]1C/C=C1/C(=O)OC[C@H]1O. The molecule has 0 aromatic heterocycles. The van der Waals surface area contributed by atoms with Gasteiger partial charge < -0.3 is 19.3 Å². The van der Waals surface area contributed by atoms with Crippen LogP contribution in [0.2, 0.25) is 0 Å². The summed E-state index contributed by atoms with van der Waals surface area (Å²) in [4.78, 5) is 12.0. The lowest BCUT2D eigenvalue weighted by Gasteiger charge is -2.62. The van der Waals surface area contributed by atoms with Gasteiger partial charge in [-0.3, -0.25) is 0 Å². The Morgan fingerprint density at radius 2 is 2.03 bits per heavy atom. The van der Waals surface area contributed by atoms with Crippen LogP contribution in [-0.2, 0) is 19.0 Å². The Morgan fingerprint density at radius 1 is 1.23 bits per heavy atom. The Bertz CT molecular complexity index is 729. The molecule has 2 saturated carbocycles. The molecule has 1 unspecified atom stereocenters. The summed E-state index contributed by atoms with van der Waals surface area (Å²) in [6.07, 6.45) is 10.9. The van der Waals surface area contributed by atoms with Crippen molar-refractivity contribution in [3.63, 3.8) is 0 Å². The van der Waals surface area contributed by atoms with Gasteiger partial charge in [0.05, 0.1) is 18.3 Å². The first-order valence-corrected chi connectivity index (χ1v) is 12.3. The lowest BCUT2D eigenvalue weighted by Crippen LogP contribution is -2.61. The Hall–Kier alpha value is -1.17. The van der Waals surface area contributed by atoms with Gasteiger partial charge in [-0.1, -0.05) is 51.8 Å². The quantitative estimate of drug-likeness (QED) is 0.279. The minimum Gasteiger partial charge on any atom is -0.459 e. The van der Waals surface area contributed by atoms with Crippen molar-refractivity contribution in [3.05, 3.63) is 23.8 Å². The van der Waals surface area contributed by atoms with Crippen molar-refractivity contribution in [3.8, 4) is 0 Å². The fourth-order valence-electron chi connectivity index (χ4n) is 6.96. The maximum atomic E-state index is 12.0. The molecule has 2 aliphatic heterocycles. The molecular formula is C26H40O5. The topological polar surface area (TPSA) is 65.0 Å². The second kappa shape index (κ2) is 8.99. The molecule has 0 spiro atoms. The van der Waals surface area contributed by atoms with Gasteiger partial charge in [-0.15, -0.1) is 0 Å². The first-order chi connectivity index (χ1) is 14.8. The van der Waals surface area contributed by atoms with Gasteiger partial charge in [-0.05, 0) is 62.2 Å². The molecule has 0 aromatic carbocycles. The van der Waals surface area contributed by atoms with Crippen LogP contribution in [-0.4, -0.2) is 42.8 Å². The minimum atomic E-state index is -0.800. The first-order valence-electron chi connectivity index (χ1n) is 12.3. The van der Waals surface area contributed by atoms with Crippen LogP contribution in [0.1, 0.15) is 78.6 Å². The molecule has 2 heterocycles. The standard InChI is InChI=1S/C26H40O5/c1-5-6-7-8-23-30-16-26(4)21-12-9-17(2)19(25(21,3)14-13-22(26)31-23)11-10-18-20(27)15-29-24(18)28/h10,19-23,27H,2,5-9,11-16H2,1,3-4H3/b18-10+/t19-,20-,21+,22-,23?,25+,26+/m1/s1. The molecule has 174 valence electrons. The van der Waals surface area contributed by atoms with Crippen LogP contribution < -0.4 is 0 Å². The summed E-state index contributed by atoms with van der Waals surface area (Å²) in [5.41, 5.74) is 1.78. The van der Waals surface area contributed by atoms with E-state index in [-0.39, 0.29) is 35.8 Å². The molecule has 0 aromatic rings. The summed E-state index contributed by atoms with van der Waals surface area (Å²) in [5, 5.41) is 10.1. The molecule has 5 heteroatoms. The molecule has 5 nitrogen and oxygen atoms in total. The van der Waals surface area contributed by atoms with E-state index in [1.165, 1.54) is 18.4 Å². The van der Waals surface area contributed by atoms with Gasteiger partial charge in [0.25, 0.3) is 0 Å². The lowest BCUT2D eigenvalue weighted by molar-refractivity contribution is -0.304. The van der Waals surface area contributed by atoms with Gasteiger partial charge in [0.2, 0.25) is 0 Å². The normalized spacial score (nSPS) is 44.1. The molecule has 4 rings (SSSR count). The Kier molecular flexibility index (Phi) is 6.67. The van der Waals surface area contributed by atoms with E-state index in [2.05, 4.69) is 27.4 Å². The maximum absolute atomic E-state index is 12.0. The maximum Gasteiger partial charge on any atom is 0.336 e. The number of rotatable bonds is 6. The number of esters is 1. The zero-order valence-corrected chi connectivity index (χ0v) is 19.5. The third-order valence-corrected chi connectivity index (χ3v) is 8.80. The molecule has 0 radical (unpaired) electrons. The van der Waals surface area contributed by atoms with Gasteiger partial charge in [0.1, 0.15) is 12.7 Å². The summed E-state index contributed by atoms with van der Waals surface area (Å²) in [7, 11) is 0. The minimum absolute atomic E-state index is 0.00610. The number of carbonyl (C=O) groups excluding carboxylic acids is 1. The molecular weight excluding hydrogens is 392 g/mol. The van der Waals surface area contributed by atoms with Crippen LogP contribution in [0.3, 0.4) is 0 Å². The van der Waals surface area contributed by atoms with Gasteiger partial charge in [-0.2, -0.15) is 0 Å². The van der Waals surface area contributed by atoms with Gasteiger partial charge in [0, 0.05) is 5.41 Å². The van der Waals surface area contributed by atoms with Crippen molar-refractivity contribution < 1.29 is 24.1 Å². The number of hydrogen-bond donors (Lipinski definition) is 1. The fraction of sp³-hybridized carbons (Fsp3) is 0.808. The molecule has 0 amide bonds. The molecule has 4 fully saturated rings. The second-order valence-corrected chi connectivity index (χ2v) is 10.7. The number of carbonyl (C=O) groups is 1. The van der Waals surface area contributed by atoms with Crippen LogP contribution in [0.15, 0.2) is 23.8 Å². The van der Waals surface area contributed by atoms with Crippen molar-refractivity contribution in [1.29, 1.82) is 0 Å². The van der Waals surface area contributed by atoms with E-state index >= 15 is 0 Å². The fourth-order valence-corrected chi connectivity index (χ4v) is 6.96. The first kappa shape index (κ1) is 23.0.